The predicted molar refractivity (Wildman–Crippen MR) is 34.4 cm³/mol. The van der Waals surface area contributed by atoms with Gasteiger partial charge in [0, 0.05) is 0 Å². The lowest BCUT2D eigenvalue weighted by molar-refractivity contribution is 0.404. The first-order valence-electron chi connectivity index (χ1n) is 3.31. The Bertz CT molecular complexity index is 160. The zero-order valence-electron chi connectivity index (χ0n) is 5.26. The van der Waals surface area contributed by atoms with Crippen molar-refractivity contribution in [3.63, 3.8) is 0 Å². The highest BCUT2D eigenvalue weighted by atomic mass is 16.6. The lowest BCUT2D eigenvalue weighted by Crippen LogP contribution is -2.03. The average molecular weight is 126 g/mol. The zero-order chi connectivity index (χ0) is 6.32. The van der Waals surface area contributed by atoms with Gasteiger partial charge in [-0.25, -0.2) is 4.99 Å². The van der Waals surface area contributed by atoms with E-state index in [9.17, 15) is 0 Å². The molecule has 0 amide bonds. The third kappa shape index (κ3) is 0.767. The van der Waals surface area contributed by atoms with Crippen LogP contribution < -0.4 is 5.73 Å². The van der Waals surface area contributed by atoms with Crippen molar-refractivity contribution in [2.45, 2.75) is 18.6 Å². The van der Waals surface area contributed by atoms with Crippen molar-refractivity contribution in [3.05, 3.63) is 0 Å². The summed E-state index contributed by atoms with van der Waals surface area (Å²) < 4.78 is 5.07. The van der Waals surface area contributed by atoms with E-state index in [-0.39, 0.29) is 5.72 Å². The van der Waals surface area contributed by atoms with E-state index in [2.05, 4.69) is 4.99 Å². The maximum absolute atomic E-state index is 5.32. The molecule has 1 spiro atoms. The highest BCUT2D eigenvalue weighted by Crippen LogP contribution is 2.43. The predicted octanol–water partition coefficient (Wildman–Crippen LogP) is -0.0936. The molecule has 0 aromatic rings. The van der Waals surface area contributed by atoms with Crippen molar-refractivity contribution in [1.82, 2.24) is 0 Å². The minimum atomic E-state index is -0.0465. The van der Waals surface area contributed by atoms with E-state index in [1.165, 1.54) is 5.71 Å². The number of hydrogen-bond acceptors (Lipinski definition) is 3. The minimum absolute atomic E-state index is 0.0465. The number of nitrogens with two attached hydrogens (primary N) is 1. The lowest BCUT2D eigenvalue weighted by Gasteiger charge is -1.86. The third-order valence-electron chi connectivity index (χ3n) is 1.75. The topological polar surface area (TPSA) is 50.9 Å². The second-order valence-corrected chi connectivity index (χ2v) is 2.52. The molecule has 9 heavy (non-hydrogen) atoms. The average Bonchev–Trinajstić information content (AvgIpc) is 2.72. The number of aliphatic imine (C=N–C) groups is 1. The van der Waals surface area contributed by atoms with E-state index >= 15 is 0 Å². The molecular formula is C6H10N2O. The molecule has 0 aromatic carbocycles. The van der Waals surface area contributed by atoms with Gasteiger partial charge in [0.25, 0.3) is 0 Å². The van der Waals surface area contributed by atoms with E-state index in [0.29, 0.717) is 0 Å². The smallest absolute Gasteiger partial charge is 0.221 e. The number of nitrogens with zero attached hydrogens (tertiary/aromatic N) is 1. The van der Waals surface area contributed by atoms with Crippen molar-refractivity contribution in [3.8, 4) is 0 Å². The van der Waals surface area contributed by atoms with Gasteiger partial charge in [-0.15, -0.1) is 0 Å². The van der Waals surface area contributed by atoms with Crippen molar-refractivity contribution in [2.75, 3.05) is 13.2 Å². The van der Waals surface area contributed by atoms with E-state index in [0.717, 1.165) is 26.0 Å². The fourth-order valence-electron chi connectivity index (χ4n) is 1.01. The van der Waals surface area contributed by atoms with Crippen molar-refractivity contribution in [1.29, 1.82) is 0 Å². The summed E-state index contributed by atoms with van der Waals surface area (Å²) in [5, 5.41) is 0. The normalized spacial score (nSPS) is 36.8. The molecule has 0 aromatic heterocycles. The van der Waals surface area contributed by atoms with Crippen molar-refractivity contribution < 1.29 is 4.74 Å². The molecule has 3 heteroatoms. The molecule has 2 N–H and O–H groups in total. The Hall–Kier alpha value is -0.410. The van der Waals surface area contributed by atoms with Crippen LogP contribution in [0.2, 0.25) is 0 Å². The summed E-state index contributed by atoms with van der Waals surface area (Å²) >= 11 is 0. The standard InChI is InChI=1S/C6H10N2O/c7-3-1-2-5-6(8-5)4-9-6/h1-4,7H2. The lowest BCUT2D eigenvalue weighted by atomic mass is 10.2. The quantitative estimate of drug-likeness (QED) is 0.537. The largest absolute Gasteiger partial charge is 0.341 e. The number of epoxide rings is 1. The number of hydrogen-bond donors (Lipinski definition) is 1. The molecule has 3 nitrogen and oxygen atoms in total. The summed E-state index contributed by atoms with van der Waals surface area (Å²) in [7, 11) is 0. The van der Waals surface area contributed by atoms with E-state index in [1.807, 2.05) is 0 Å². The van der Waals surface area contributed by atoms with Crippen LogP contribution in [-0.2, 0) is 4.74 Å². The Kier molecular flexibility index (Phi) is 0.926. The van der Waals surface area contributed by atoms with Crippen LogP contribution >= 0.6 is 0 Å². The van der Waals surface area contributed by atoms with E-state index in [1.54, 1.807) is 0 Å². The maximum Gasteiger partial charge on any atom is 0.221 e. The SMILES string of the molecule is NCCCC1=NC12CO2. The second-order valence-electron chi connectivity index (χ2n) is 2.52. The molecule has 1 saturated heterocycles. The Labute approximate surface area is 53.9 Å². The second kappa shape index (κ2) is 1.55. The van der Waals surface area contributed by atoms with Gasteiger partial charge in [0.1, 0.15) is 6.61 Å². The molecule has 0 bridgehead atoms. The summed E-state index contributed by atoms with van der Waals surface area (Å²) in [4.78, 5) is 4.17. The molecule has 1 atom stereocenters. The highest BCUT2D eigenvalue weighted by molar-refractivity contribution is 6.06. The maximum atomic E-state index is 5.32. The molecule has 50 valence electrons. The van der Waals surface area contributed by atoms with Gasteiger partial charge < -0.3 is 10.5 Å². The van der Waals surface area contributed by atoms with Gasteiger partial charge in [-0.05, 0) is 19.4 Å². The molecule has 2 heterocycles. The summed E-state index contributed by atoms with van der Waals surface area (Å²) in [6.07, 6.45) is 2.08. The van der Waals surface area contributed by atoms with Gasteiger partial charge in [-0.2, -0.15) is 0 Å². The summed E-state index contributed by atoms with van der Waals surface area (Å²) in [6, 6.07) is 0. The Morgan fingerprint density at radius 1 is 1.78 bits per heavy atom. The highest BCUT2D eigenvalue weighted by Gasteiger charge is 2.59. The van der Waals surface area contributed by atoms with Crippen LogP contribution in [0, 0.1) is 0 Å². The first-order chi connectivity index (χ1) is 4.37. The summed E-state index contributed by atoms with van der Waals surface area (Å²) in [5.41, 5.74) is 6.50. The molecule has 1 fully saturated rings. The van der Waals surface area contributed by atoms with Crippen LogP contribution in [0.15, 0.2) is 4.99 Å². The van der Waals surface area contributed by atoms with Gasteiger partial charge in [0.15, 0.2) is 0 Å². The van der Waals surface area contributed by atoms with Crippen LogP contribution in [-0.4, -0.2) is 24.6 Å². The van der Waals surface area contributed by atoms with Crippen molar-refractivity contribution >= 4 is 5.71 Å². The molecule has 2 aliphatic heterocycles. The third-order valence-corrected chi connectivity index (χ3v) is 1.75. The fraction of sp³-hybridized carbons (Fsp3) is 0.833. The molecule has 0 radical (unpaired) electrons. The van der Waals surface area contributed by atoms with Gasteiger partial charge >= 0.3 is 0 Å². The van der Waals surface area contributed by atoms with Crippen LogP contribution in [0.5, 0.6) is 0 Å². The van der Waals surface area contributed by atoms with Gasteiger partial charge in [0.2, 0.25) is 5.72 Å². The Balaban J connectivity index is 1.72. The number of rotatable bonds is 3. The van der Waals surface area contributed by atoms with Gasteiger partial charge in [0.05, 0.1) is 5.71 Å². The summed E-state index contributed by atoms with van der Waals surface area (Å²) in [6.45, 7) is 1.59. The van der Waals surface area contributed by atoms with Gasteiger partial charge in [-0.3, -0.25) is 0 Å². The van der Waals surface area contributed by atoms with Crippen molar-refractivity contribution in [2.24, 2.45) is 10.7 Å². The molecule has 2 aliphatic rings. The number of ether oxygens (including phenoxy) is 1. The first kappa shape index (κ1) is 5.38. The van der Waals surface area contributed by atoms with Crippen LogP contribution in [0.1, 0.15) is 12.8 Å². The zero-order valence-corrected chi connectivity index (χ0v) is 5.26. The summed E-state index contributed by atoms with van der Waals surface area (Å²) in [5.74, 6) is 0. The molecular weight excluding hydrogens is 116 g/mol. The van der Waals surface area contributed by atoms with E-state index < -0.39 is 0 Å². The van der Waals surface area contributed by atoms with Crippen LogP contribution in [0.25, 0.3) is 0 Å². The first-order valence-corrected chi connectivity index (χ1v) is 3.31. The van der Waals surface area contributed by atoms with E-state index in [4.69, 9.17) is 10.5 Å². The molecule has 2 rings (SSSR count). The van der Waals surface area contributed by atoms with Crippen LogP contribution in [0.4, 0.5) is 0 Å². The fourth-order valence-corrected chi connectivity index (χ4v) is 1.01. The molecule has 1 unspecified atom stereocenters. The molecule has 0 aliphatic carbocycles. The Morgan fingerprint density at radius 2 is 2.56 bits per heavy atom. The van der Waals surface area contributed by atoms with Gasteiger partial charge in [-0.1, -0.05) is 0 Å². The monoisotopic (exact) mass is 126 g/mol. The minimum Gasteiger partial charge on any atom is -0.341 e. The Morgan fingerprint density at radius 3 is 3.00 bits per heavy atom. The molecule has 0 saturated carbocycles. The van der Waals surface area contributed by atoms with Crippen LogP contribution in [0.3, 0.4) is 0 Å².